The lowest BCUT2D eigenvalue weighted by Gasteiger charge is -2.13. The summed E-state index contributed by atoms with van der Waals surface area (Å²) in [5.41, 5.74) is 7.42. The van der Waals surface area contributed by atoms with Crippen LogP contribution in [0.25, 0.3) is 11.3 Å². The number of rotatable bonds is 3. The lowest BCUT2D eigenvalue weighted by atomic mass is 10.1. The van der Waals surface area contributed by atoms with Crippen molar-refractivity contribution >= 4 is 17.5 Å². The number of hydrogen-bond donors (Lipinski definition) is 1. The first-order chi connectivity index (χ1) is 9.36. The molecule has 20 heavy (non-hydrogen) atoms. The first kappa shape index (κ1) is 14.5. The lowest BCUT2D eigenvalue weighted by Crippen LogP contribution is -2.07. The third-order valence-electron chi connectivity index (χ3n) is 2.53. The maximum absolute atomic E-state index is 13.8. The molecule has 0 saturated carbocycles. The minimum absolute atomic E-state index is 0.134. The van der Waals surface area contributed by atoms with Crippen molar-refractivity contribution in [1.29, 1.82) is 0 Å². The molecule has 0 unspecified atom stereocenters. The van der Waals surface area contributed by atoms with Crippen molar-refractivity contribution in [1.82, 2.24) is 9.97 Å². The van der Waals surface area contributed by atoms with Gasteiger partial charge in [-0.25, -0.2) is 14.4 Å². The van der Waals surface area contributed by atoms with E-state index in [2.05, 4.69) is 9.97 Å². The highest BCUT2D eigenvalue weighted by molar-refractivity contribution is 6.33. The van der Waals surface area contributed by atoms with Gasteiger partial charge in [-0.1, -0.05) is 11.6 Å². The molecule has 0 aliphatic carbocycles. The maximum atomic E-state index is 13.8. The topological polar surface area (TPSA) is 61.0 Å². The van der Waals surface area contributed by atoms with Gasteiger partial charge in [-0.05, 0) is 39.0 Å². The van der Waals surface area contributed by atoms with E-state index in [0.29, 0.717) is 17.0 Å². The molecule has 1 heterocycles. The number of nitrogens with zero attached hydrogens (tertiary/aromatic N) is 2. The zero-order valence-electron chi connectivity index (χ0n) is 11.4. The molecule has 0 radical (unpaired) electrons. The van der Waals surface area contributed by atoms with E-state index in [4.69, 9.17) is 22.1 Å². The van der Waals surface area contributed by atoms with Gasteiger partial charge in [-0.2, -0.15) is 0 Å². The van der Waals surface area contributed by atoms with Crippen LogP contribution in [0.3, 0.4) is 0 Å². The van der Waals surface area contributed by atoms with Gasteiger partial charge in [0.05, 0.1) is 16.8 Å². The van der Waals surface area contributed by atoms with E-state index in [1.807, 2.05) is 13.8 Å². The van der Waals surface area contributed by atoms with Gasteiger partial charge >= 0.3 is 0 Å². The molecule has 2 aromatic rings. The van der Waals surface area contributed by atoms with Crippen LogP contribution < -0.4 is 10.5 Å². The summed E-state index contributed by atoms with van der Waals surface area (Å²) in [6.07, 6.45) is -0.143. The largest absolute Gasteiger partial charge is 0.488 e. The second-order valence-corrected chi connectivity index (χ2v) is 5.09. The molecule has 0 spiro atoms. The summed E-state index contributed by atoms with van der Waals surface area (Å²) in [6.45, 7) is 5.44. The van der Waals surface area contributed by atoms with Crippen molar-refractivity contribution < 1.29 is 9.13 Å². The first-order valence-electron chi connectivity index (χ1n) is 6.14. The van der Waals surface area contributed by atoms with Crippen LogP contribution in [0.15, 0.2) is 18.2 Å². The van der Waals surface area contributed by atoms with Gasteiger partial charge in [0, 0.05) is 11.3 Å². The van der Waals surface area contributed by atoms with Gasteiger partial charge in [-0.3, -0.25) is 0 Å². The average Bonchev–Trinajstić information content (AvgIpc) is 2.30. The average molecular weight is 296 g/mol. The van der Waals surface area contributed by atoms with Gasteiger partial charge < -0.3 is 10.5 Å². The van der Waals surface area contributed by atoms with Crippen molar-refractivity contribution in [3.05, 3.63) is 34.7 Å². The van der Waals surface area contributed by atoms with E-state index in [1.54, 1.807) is 13.0 Å². The van der Waals surface area contributed by atoms with Gasteiger partial charge in [-0.15, -0.1) is 0 Å². The zero-order chi connectivity index (χ0) is 14.9. The molecule has 0 aliphatic rings. The van der Waals surface area contributed by atoms with Crippen LogP contribution in [0.2, 0.25) is 5.02 Å². The van der Waals surface area contributed by atoms with Crippen molar-refractivity contribution in [2.75, 3.05) is 5.73 Å². The highest BCUT2D eigenvalue weighted by atomic mass is 35.5. The van der Waals surface area contributed by atoms with Crippen LogP contribution in [-0.2, 0) is 0 Å². The van der Waals surface area contributed by atoms with Gasteiger partial charge in [0.1, 0.15) is 0 Å². The molecule has 6 heteroatoms. The number of ether oxygens (including phenoxy) is 1. The summed E-state index contributed by atoms with van der Waals surface area (Å²) in [4.78, 5) is 8.12. The molecule has 0 atom stereocenters. The maximum Gasteiger partial charge on any atom is 0.220 e. The summed E-state index contributed by atoms with van der Waals surface area (Å²) >= 11 is 6.08. The number of halogens is 2. The van der Waals surface area contributed by atoms with E-state index in [0.717, 1.165) is 0 Å². The Kier molecular flexibility index (Phi) is 4.09. The zero-order valence-corrected chi connectivity index (χ0v) is 12.2. The van der Waals surface area contributed by atoms with Gasteiger partial charge in [0.25, 0.3) is 0 Å². The van der Waals surface area contributed by atoms with Crippen LogP contribution >= 0.6 is 11.6 Å². The first-order valence-corrected chi connectivity index (χ1v) is 6.52. The van der Waals surface area contributed by atoms with E-state index in [-0.39, 0.29) is 22.8 Å². The highest BCUT2D eigenvalue weighted by Gasteiger charge is 2.14. The third-order valence-corrected chi connectivity index (χ3v) is 2.84. The number of benzene rings is 1. The minimum Gasteiger partial charge on any atom is -0.488 e. The number of nitrogen functional groups attached to an aromatic ring is 1. The van der Waals surface area contributed by atoms with Crippen LogP contribution in [0.1, 0.15) is 19.5 Å². The molecule has 2 rings (SSSR count). The molecule has 0 aliphatic heterocycles. The fourth-order valence-electron chi connectivity index (χ4n) is 1.80. The van der Waals surface area contributed by atoms with Gasteiger partial charge in [0.15, 0.2) is 11.6 Å². The molecule has 4 nitrogen and oxygen atoms in total. The van der Waals surface area contributed by atoms with Crippen LogP contribution in [0.4, 0.5) is 10.3 Å². The number of aryl methyl sites for hydroxylation is 1. The highest BCUT2D eigenvalue weighted by Crippen LogP contribution is 2.33. The van der Waals surface area contributed by atoms with E-state index in [1.165, 1.54) is 12.1 Å². The fraction of sp³-hybridized carbons (Fsp3) is 0.286. The predicted molar refractivity (Wildman–Crippen MR) is 77.3 cm³/mol. The molecule has 0 saturated heterocycles. The normalized spacial score (nSPS) is 10.9. The van der Waals surface area contributed by atoms with Gasteiger partial charge in [0.2, 0.25) is 5.95 Å². The van der Waals surface area contributed by atoms with Crippen molar-refractivity contribution in [3.8, 4) is 17.0 Å². The Morgan fingerprint density at radius 1 is 1.25 bits per heavy atom. The van der Waals surface area contributed by atoms with Crippen molar-refractivity contribution in [3.63, 3.8) is 0 Å². The van der Waals surface area contributed by atoms with E-state index in [9.17, 15) is 4.39 Å². The lowest BCUT2D eigenvalue weighted by molar-refractivity contribution is 0.231. The Morgan fingerprint density at radius 3 is 2.55 bits per heavy atom. The third kappa shape index (κ3) is 3.17. The number of aromatic nitrogens is 2. The Bertz CT molecular complexity index is 626. The number of hydrogen-bond acceptors (Lipinski definition) is 4. The Labute approximate surface area is 121 Å². The minimum atomic E-state index is -0.508. The standard InChI is InChI=1S/C14H15ClFN3O/c1-7(2)20-13-5-9(10(15)6-11(13)16)12-4-8(3)18-14(17)19-12/h4-7H,1-3H3,(H2,17,18,19). The second-order valence-electron chi connectivity index (χ2n) is 4.68. The fourth-order valence-corrected chi connectivity index (χ4v) is 2.05. The predicted octanol–water partition coefficient (Wildman–Crippen LogP) is 3.61. The molecule has 0 amide bonds. The Morgan fingerprint density at radius 2 is 1.95 bits per heavy atom. The molecule has 0 fully saturated rings. The quantitative estimate of drug-likeness (QED) is 0.939. The van der Waals surface area contributed by atoms with Crippen molar-refractivity contribution in [2.45, 2.75) is 26.9 Å². The van der Waals surface area contributed by atoms with Crippen LogP contribution in [-0.4, -0.2) is 16.1 Å². The second kappa shape index (κ2) is 5.63. The monoisotopic (exact) mass is 295 g/mol. The van der Waals surface area contributed by atoms with E-state index >= 15 is 0 Å². The Balaban J connectivity index is 2.55. The summed E-state index contributed by atoms with van der Waals surface area (Å²) in [5.74, 6) is -0.229. The van der Waals surface area contributed by atoms with E-state index < -0.39 is 5.82 Å². The van der Waals surface area contributed by atoms with Crippen LogP contribution in [0, 0.1) is 12.7 Å². The molecule has 0 bridgehead atoms. The summed E-state index contributed by atoms with van der Waals surface area (Å²) in [6, 6.07) is 4.47. The molecule has 106 valence electrons. The molecular formula is C14H15ClFN3O. The molecule has 1 aromatic heterocycles. The molecular weight excluding hydrogens is 281 g/mol. The smallest absolute Gasteiger partial charge is 0.220 e. The Hall–Kier alpha value is -1.88. The van der Waals surface area contributed by atoms with Crippen molar-refractivity contribution in [2.24, 2.45) is 0 Å². The molecule has 1 aromatic carbocycles. The number of nitrogens with two attached hydrogens (primary N) is 1. The summed E-state index contributed by atoms with van der Waals surface area (Å²) in [7, 11) is 0. The number of anilines is 1. The molecule has 2 N–H and O–H groups in total. The summed E-state index contributed by atoms with van der Waals surface area (Å²) in [5, 5.41) is 0.246. The van der Waals surface area contributed by atoms with Crippen LogP contribution in [0.5, 0.6) is 5.75 Å². The summed E-state index contributed by atoms with van der Waals surface area (Å²) < 4.78 is 19.2. The SMILES string of the molecule is Cc1cc(-c2cc(OC(C)C)c(F)cc2Cl)nc(N)n1.